The molecule has 1 fully saturated rings. The summed E-state index contributed by atoms with van der Waals surface area (Å²) in [6.07, 6.45) is 0.0638. The zero-order valence-corrected chi connectivity index (χ0v) is 10.8. The van der Waals surface area contributed by atoms with Gasteiger partial charge in [-0.05, 0) is 24.7 Å². The van der Waals surface area contributed by atoms with Crippen molar-refractivity contribution in [2.75, 3.05) is 33.3 Å². The van der Waals surface area contributed by atoms with E-state index in [-0.39, 0.29) is 6.10 Å². The van der Waals surface area contributed by atoms with Crippen LogP contribution in [0.5, 0.6) is 0 Å². The smallest absolute Gasteiger partial charge is 0.194 e. The summed E-state index contributed by atoms with van der Waals surface area (Å²) in [5, 5.41) is 3.21. The molecule has 1 aliphatic rings. The third-order valence-electron chi connectivity index (χ3n) is 3.02. The second-order valence-electron chi connectivity index (χ2n) is 4.77. The van der Waals surface area contributed by atoms with Gasteiger partial charge < -0.3 is 10.1 Å². The van der Waals surface area contributed by atoms with Crippen LogP contribution in [0, 0.1) is 17.5 Å². The fourth-order valence-electron chi connectivity index (χ4n) is 2.16. The first-order chi connectivity index (χ1) is 9.06. The van der Waals surface area contributed by atoms with Crippen molar-refractivity contribution in [2.45, 2.75) is 12.6 Å². The van der Waals surface area contributed by atoms with Gasteiger partial charge in [-0.25, -0.2) is 13.2 Å². The number of nitrogens with one attached hydrogen (secondary N) is 1. The molecule has 3 nitrogen and oxygen atoms in total. The molecule has 1 atom stereocenters. The number of morpholine rings is 1. The average Bonchev–Trinajstić information content (AvgIpc) is 2.37. The van der Waals surface area contributed by atoms with Gasteiger partial charge in [0.05, 0.1) is 12.7 Å². The number of hydrogen-bond acceptors (Lipinski definition) is 3. The lowest BCUT2D eigenvalue weighted by Crippen LogP contribution is -2.44. The molecule has 19 heavy (non-hydrogen) atoms. The highest BCUT2D eigenvalue weighted by Crippen LogP contribution is 2.15. The maximum absolute atomic E-state index is 13.1. The summed E-state index contributed by atoms with van der Waals surface area (Å²) in [6.45, 7) is 3.25. The highest BCUT2D eigenvalue weighted by Gasteiger charge is 2.17. The predicted octanol–water partition coefficient (Wildman–Crippen LogP) is 1.52. The third-order valence-corrected chi connectivity index (χ3v) is 3.02. The van der Waals surface area contributed by atoms with Crippen LogP contribution in [-0.4, -0.2) is 44.3 Å². The molecule has 6 heteroatoms. The lowest BCUT2D eigenvalue weighted by atomic mass is 10.2. The molecule has 1 unspecified atom stereocenters. The van der Waals surface area contributed by atoms with Gasteiger partial charge in [0, 0.05) is 26.2 Å². The lowest BCUT2D eigenvalue weighted by molar-refractivity contribution is 0.00882. The SMILES string of the molecule is CN(Cc1cc(F)c(F)c(F)c1)CC1CNCCO1. The quantitative estimate of drug-likeness (QED) is 0.843. The summed E-state index contributed by atoms with van der Waals surface area (Å²) in [7, 11) is 1.83. The van der Waals surface area contributed by atoms with E-state index >= 15 is 0 Å². The number of hydrogen-bond donors (Lipinski definition) is 1. The maximum Gasteiger partial charge on any atom is 0.194 e. The van der Waals surface area contributed by atoms with Crippen molar-refractivity contribution in [2.24, 2.45) is 0 Å². The van der Waals surface area contributed by atoms with Crippen molar-refractivity contribution < 1.29 is 17.9 Å². The van der Waals surface area contributed by atoms with Gasteiger partial charge in [0.2, 0.25) is 0 Å². The molecule has 1 aromatic rings. The maximum atomic E-state index is 13.1. The summed E-state index contributed by atoms with van der Waals surface area (Å²) in [4.78, 5) is 1.89. The summed E-state index contributed by atoms with van der Waals surface area (Å²) in [5.41, 5.74) is 0.405. The van der Waals surface area contributed by atoms with Crippen LogP contribution in [0.25, 0.3) is 0 Å². The van der Waals surface area contributed by atoms with E-state index in [4.69, 9.17) is 4.74 Å². The molecule has 1 saturated heterocycles. The molecule has 1 aliphatic heterocycles. The molecule has 0 amide bonds. The Balaban J connectivity index is 1.92. The average molecular weight is 274 g/mol. The number of benzene rings is 1. The molecular weight excluding hydrogens is 257 g/mol. The lowest BCUT2D eigenvalue weighted by Gasteiger charge is -2.28. The van der Waals surface area contributed by atoms with Gasteiger partial charge in [0.1, 0.15) is 0 Å². The van der Waals surface area contributed by atoms with E-state index in [1.807, 2.05) is 11.9 Å². The molecular formula is C13H17F3N2O. The molecule has 106 valence electrons. The molecule has 1 aromatic carbocycles. The monoisotopic (exact) mass is 274 g/mol. The second kappa shape index (κ2) is 6.36. The molecule has 0 radical (unpaired) electrons. The Kier molecular flexibility index (Phi) is 4.79. The Morgan fingerprint density at radius 3 is 2.58 bits per heavy atom. The van der Waals surface area contributed by atoms with Crippen LogP contribution in [0.2, 0.25) is 0 Å². The van der Waals surface area contributed by atoms with Crippen molar-refractivity contribution in [3.8, 4) is 0 Å². The number of ether oxygens (including phenoxy) is 1. The number of likely N-dealkylation sites (N-methyl/N-ethyl adjacent to an activating group) is 1. The summed E-state index contributed by atoms with van der Waals surface area (Å²) < 4.78 is 44.5. The molecule has 0 aromatic heterocycles. The third kappa shape index (κ3) is 3.92. The van der Waals surface area contributed by atoms with Crippen molar-refractivity contribution in [3.63, 3.8) is 0 Å². The minimum absolute atomic E-state index is 0.0638. The summed E-state index contributed by atoms with van der Waals surface area (Å²) >= 11 is 0. The standard InChI is InChI=1S/C13H17F3N2O/c1-18(8-10-6-17-2-3-19-10)7-9-4-11(14)13(16)12(15)5-9/h4-5,10,17H,2-3,6-8H2,1H3. The van der Waals surface area contributed by atoms with Crippen LogP contribution in [0.3, 0.4) is 0 Å². The van der Waals surface area contributed by atoms with Crippen LogP contribution in [0.4, 0.5) is 13.2 Å². The molecule has 1 N–H and O–H groups in total. The Bertz CT molecular complexity index is 413. The first kappa shape index (κ1) is 14.3. The van der Waals surface area contributed by atoms with E-state index in [0.717, 1.165) is 25.2 Å². The number of rotatable bonds is 4. The zero-order chi connectivity index (χ0) is 13.8. The van der Waals surface area contributed by atoms with Crippen molar-refractivity contribution in [1.29, 1.82) is 0 Å². The topological polar surface area (TPSA) is 24.5 Å². The van der Waals surface area contributed by atoms with Crippen LogP contribution in [0.1, 0.15) is 5.56 Å². The summed E-state index contributed by atoms with van der Waals surface area (Å²) in [6, 6.07) is 2.05. The van der Waals surface area contributed by atoms with E-state index in [0.29, 0.717) is 25.3 Å². The van der Waals surface area contributed by atoms with Crippen LogP contribution in [0.15, 0.2) is 12.1 Å². The van der Waals surface area contributed by atoms with Gasteiger partial charge in [0.25, 0.3) is 0 Å². The van der Waals surface area contributed by atoms with Gasteiger partial charge in [-0.1, -0.05) is 0 Å². The van der Waals surface area contributed by atoms with Gasteiger partial charge in [0.15, 0.2) is 17.5 Å². The molecule has 0 saturated carbocycles. The van der Waals surface area contributed by atoms with Gasteiger partial charge in [-0.3, -0.25) is 4.90 Å². The Morgan fingerprint density at radius 2 is 2.00 bits per heavy atom. The van der Waals surface area contributed by atoms with E-state index in [1.165, 1.54) is 0 Å². The molecule has 0 spiro atoms. The van der Waals surface area contributed by atoms with Crippen molar-refractivity contribution in [3.05, 3.63) is 35.1 Å². The van der Waals surface area contributed by atoms with Crippen molar-refractivity contribution in [1.82, 2.24) is 10.2 Å². The first-order valence-corrected chi connectivity index (χ1v) is 6.20. The first-order valence-electron chi connectivity index (χ1n) is 6.20. The van der Waals surface area contributed by atoms with Gasteiger partial charge >= 0.3 is 0 Å². The fourth-order valence-corrected chi connectivity index (χ4v) is 2.16. The Morgan fingerprint density at radius 1 is 1.32 bits per heavy atom. The largest absolute Gasteiger partial charge is 0.374 e. The van der Waals surface area contributed by atoms with Crippen LogP contribution >= 0.6 is 0 Å². The minimum Gasteiger partial charge on any atom is -0.374 e. The highest BCUT2D eigenvalue weighted by atomic mass is 19.2. The molecule has 1 heterocycles. The number of halogens is 3. The van der Waals surface area contributed by atoms with Gasteiger partial charge in [-0.15, -0.1) is 0 Å². The van der Waals surface area contributed by atoms with E-state index in [9.17, 15) is 13.2 Å². The van der Waals surface area contributed by atoms with Gasteiger partial charge in [-0.2, -0.15) is 0 Å². The second-order valence-corrected chi connectivity index (χ2v) is 4.77. The number of nitrogens with zero attached hydrogens (tertiary/aromatic N) is 1. The summed E-state index contributed by atoms with van der Waals surface area (Å²) in [5.74, 6) is -3.73. The van der Waals surface area contributed by atoms with E-state index in [1.54, 1.807) is 0 Å². The molecule has 0 bridgehead atoms. The predicted molar refractivity (Wildman–Crippen MR) is 65.3 cm³/mol. The molecule has 0 aliphatic carbocycles. The minimum atomic E-state index is -1.42. The van der Waals surface area contributed by atoms with E-state index < -0.39 is 17.5 Å². The fraction of sp³-hybridized carbons (Fsp3) is 0.538. The Labute approximate surface area is 110 Å². The van der Waals surface area contributed by atoms with Crippen molar-refractivity contribution >= 4 is 0 Å². The van der Waals surface area contributed by atoms with Crippen LogP contribution in [-0.2, 0) is 11.3 Å². The normalized spacial score (nSPS) is 19.9. The highest BCUT2D eigenvalue weighted by molar-refractivity contribution is 5.19. The molecule has 2 rings (SSSR count). The van der Waals surface area contributed by atoms with E-state index in [2.05, 4.69) is 5.32 Å². The Hall–Kier alpha value is -1.11. The van der Waals surface area contributed by atoms with Crippen LogP contribution < -0.4 is 5.32 Å². The zero-order valence-electron chi connectivity index (χ0n) is 10.8.